The molecule has 98 valence electrons. The van der Waals surface area contributed by atoms with Gasteiger partial charge in [0.05, 0.1) is 12.1 Å². The van der Waals surface area contributed by atoms with Gasteiger partial charge in [-0.05, 0) is 18.8 Å². The van der Waals surface area contributed by atoms with Gasteiger partial charge >= 0.3 is 0 Å². The van der Waals surface area contributed by atoms with Crippen molar-refractivity contribution in [2.75, 3.05) is 11.9 Å². The number of anilines is 1. The quantitative estimate of drug-likeness (QED) is 0.896. The summed E-state index contributed by atoms with van der Waals surface area (Å²) in [5, 5.41) is 22.7. The highest BCUT2D eigenvalue weighted by Crippen LogP contribution is 2.36. The first-order valence-corrected chi connectivity index (χ1v) is 7.23. The fraction of sp³-hybridized carbons (Fsp3) is 0.667. The number of aliphatic hydroxyl groups excluding tert-OH is 1. The number of aromatic nitrogens is 1. The first kappa shape index (κ1) is 13.6. The molecule has 0 amide bonds. The lowest BCUT2D eigenvalue weighted by Crippen LogP contribution is -2.45. The number of aliphatic hydroxyl groups is 1. The molecule has 1 saturated carbocycles. The van der Waals surface area contributed by atoms with Crippen LogP contribution in [0.1, 0.15) is 37.5 Å². The minimum atomic E-state index is -0.314. The third-order valence-corrected chi connectivity index (χ3v) is 4.71. The molecule has 0 radical (unpaired) electrons. The predicted octanol–water partition coefficient (Wildman–Crippen LogP) is 3.02. The zero-order valence-corrected chi connectivity index (χ0v) is 11.8. The minimum Gasteiger partial charge on any atom is -0.394 e. The Balaban J connectivity index is 2.17. The van der Waals surface area contributed by atoms with Gasteiger partial charge in [-0.25, -0.2) is 4.98 Å². The fourth-order valence-corrected chi connectivity index (χ4v) is 3.67. The molecular formula is C12H16ClN3OS. The normalized spacial score (nSPS) is 27.8. The maximum atomic E-state index is 9.67. The standard InChI is InChI=1S/C12H16ClN3OS/c1-8-3-2-4-12(5-8,7-17)16-11-15-10(13)9(6-14)18-11/h8,17H,2-5,7H2,1H3,(H,15,16). The summed E-state index contributed by atoms with van der Waals surface area (Å²) >= 11 is 7.10. The summed E-state index contributed by atoms with van der Waals surface area (Å²) in [5.41, 5.74) is -0.314. The molecule has 18 heavy (non-hydrogen) atoms. The number of hydrogen-bond donors (Lipinski definition) is 2. The second-order valence-corrected chi connectivity index (χ2v) is 6.37. The summed E-state index contributed by atoms with van der Waals surface area (Å²) in [6.07, 6.45) is 4.14. The van der Waals surface area contributed by atoms with Gasteiger partial charge in [0.1, 0.15) is 10.9 Å². The van der Waals surface area contributed by atoms with Crippen LogP contribution in [0.3, 0.4) is 0 Å². The molecule has 2 atom stereocenters. The molecule has 1 fully saturated rings. The average Bonchev–Trinajstić information content (AvgIpc) is 2.69. The van der Waals surface area contributed by atoms with E-state index in [-0.39, 0.29) is 17.3 Å². The Hall–Kier alpha value is -0.830. The molecular weight excluding hydrogens is 270 g/mol. The zero-order valence-electron chi connectivity index (χ0n) is 10.2. The smallest absolute Gasteiger partial charge is 0.185 e. The fourth-order valence-electron chi connectivity index (χ4n) is 2.61. The van der Waals surface area contributed by atoms with E-state index in [0.717, 1.165) is 19.3 Å². The van der Waals surface area contributed by atoms with Gasteiger partial charge in [-0.1, -0.05) is 42.7 Å². The second kappa shape index (κ2) is 5.43. The third-order valence-electron chi connectivity index (χ3n) is 3.45. The first-order chi connectivity index (χ1) is 8.58. The number of hydrogen-bond acceptors (Lipinski definition) is 5. The Bertz CT molecular complexity index is 470. The summed E-state index contributed by atoms with van der Waals surface area (Å²) in [5.74, 6) is 0.587. The van der Waals surface area contributed by atoms with E-state index < -0.39 is 0 Å². The van der Waals surface area contributed by atoms with Crippen LogP contribution in [0, 0.1) is 17.2 Å². The van der Waals surface area contributed by atoms with Gasteiger partial charge in [0.15, 0.2) is 10.3 Å². The molecule has 0 aromatic carbocycles. The molecule has 1 aliphatic carbocycles. The highest BCUT2D eigenvalue weighted by molar-refractivity contribution is 7.16. The number of thiazole rings is 1. The van der Waals surface area contributed by atoms with Crippen LogP contribution in [0.5, 0.6) is 0 Å². The van der Waals surface area contributed by atoms with Crippen LogP contribution in [0.15, 0.2) is 0 Å². The van der Waals surface area contributed by atoms with Crippen molar-refractivity contribution in [2.24, 2.45) is 5.92 Å². The van der Waals surface area contributed by atoms with E-state index in [4.69, 9.17) is 16.9 Å². The third kappa shape index (κ3) is 2.77. The zero-order chi connectivity index (χ0) is 13.2. The molecule has 2 rings (SSSR count). The van der Waals surface area contributed by atoms with Crippen LogP contribution in [0.4, 0.5) is 5.13 Å². The van der Waals surface area contributed by atoms with Crippen molar-refractivity contribution in [1.82, 2.24) is 4.98 Å². The highest BCUT2D eigenvalue weighted by Gasteiger charge is 2.35. The summed E-state index contributed by atoms with van der Waals surface area (Å²) in [6.45, 7) is 2.28. The second-order valence-electron chi connectivity index (χ2n) is 5.02. The molecule has 2 unspecified atom stereocenters. The lowest BCUT2D eigenvalue weighted by molar-refractivity contribution is 0.149. The molecule has 1 aliphatic rings. The summed E-state index contributed by atoms with van der Waals surface area (Å²) < 4.78 is 0. The van der Waals surface area contributed by atoms with Crippen LogP contribution in [-0.4, -0.2) is 22.2 Å². The largest absolute Gasteiger partial charge is 0.394 e. The molecule has 0 aliphatic heterocycles. The minimum absolute atomic E-state index is 0.0798. The molecule has 2 N–H and O–H groups in total. The summed E-state index contributed by atoms with van der Waals surface area (Å²) in [6, 6.07) is 2.01. The van der Waals surface area contributed by atoms with Crippen molar-refractivity contribution in [3.8, 4) is 6.07 Å². The van der Waals surface area contributed by atoms with Crippen LogP contribution in [0.2, 0.25) is 5.15 Å². The Kier molecular flexibility index (Phi) is 4.10. The Labute approximate surface area is 116 Å². The lowest BCUT2D eigenvalue weighted by atomic mass is 9.77. The SMILES string of the molecule is CC1CCCC(CO)(Nc2nc(Cl)c(C#N)s2)C1. The van der Waals surface area contributed by atoms with Crippen LogP contribution < -0.4 is 5.32 Å². The van der Waals surface area contributed by atoms with Crippen molar-refractivity contribution in [3.63, 3.8) is 0 Å². The maximum Gasteiger partial charge on any atom is 0.185 e. The predicted molar refractivity (Wildman–Crippen MR) is 72.9 cm³/mol. The van der Waals surface area contributed by atoms with E-state index in [1.165, 1.54) is 17.8 Å². The van der Waals surface area contributed by atoms with E-state index in [2.05, 4.69) is 17.2 Å². The van der Waals surface area contributed by atoms with Crippen molar-refractivity contribution < 1.29 is 5.11 Å². The average molecular weight is 286 g/mol. The Morgan fingerprint density at radius 3 is 3.06 bits per heavy atom. The molecule has 1 heterocycles. The summed E-state index contributed by atoms with van der Waals surface area (Å²) in [4.78, 5) is 4.55. The first-order valence-electron chi connectivity index (χ1n) is 6.04. The molecule has 1 aromatic rings. The molecule has 0 spiro atoms. The molecule has 4 nitrogen and oxygen atoms in total. The molecule has 0 saturated heterocycles. The topological polar surface area (TPSA) is 68.9 Å². The number of halogens is 1. The number of nitriles is 1. The van der Waals surface area contributed by atoms with Crippen molar-refractivity contribution in [2.45, 2.75) is 38.1 Å². The van der Waals surface area contributed by atoms with E-state index in [0.29, 0.717) is 15.9 Å². The van der Waals surface area contributed by atoms with Crippen molar-refractivity contribution >= 4 is 28.1 Å². The van der Waals surface area contributed by atoms with Gasteiger partial charge in [0.2, 0.25) is 0 Å². The van der Waals surface area contributed by atoms with Crippen LogP contribution >= 0.6 is 22.9 Å². The van der Waals surface area contributed by atoms with Crippen LogP contribution in [0.25, 0.3) is 0 Å². The number of rotatable bonds is 3. The monoisotopic (exact) mass is 285 g/mol. The molecule has 6 heteroatoms. The van der Waals surface area contributed by atoms with E-state index in [1.54, 1.807) is 0 Å². The van der Waals surface area contributed by atoms with Gasteiger partial charge < -0.3 is 10.4 Å². The summed E-state index contributed by atoms with van der Waals surface area (Å²) in [7, 11) is 0. The van der Waals surface area contributed by atoms with E-state index in [1.807, 2.05) is 6.07 Å². The number of nitrogens with one attached hydrogen (secondary N) is 1. The van der Waals surface area contributed by atoms with Crippen LogP contribution in [-0.2, 0) is 0 Å². The Morgan fingerprint density at radius 1 is 1.72 bits per heavy atom. The highest BCUT2D eigenvalue weighted by atomic mass is 35.5. The van der Waals surface area contributed by atoms with Gasteiger partial charge in [-0.15, -0.1) is 0 Å². The van der Waals surface area contributed by atoms with Gasteiger partial charge in [-0.3, -0.25) is 0 Å². The van der Waals surface area contributed by atoms with Gasteiger partial charge in [-0.2, -0.15) is 5.26 Å². The van der Waals surface area contributed by atoms with E-state index >= 15 is 0 Å². The van der Waals surface area contributed by atoms with E-state index in [9.17, 15) is 5.11 Å². The maximum absolute atomic E-state index is 9.67. The van der Waals surface area contributed by atoms with Gasteiger partial charge in [0.25, 0.3) is 0 Å². The Morgan fingerprint density at radius 2 is 2.50 bits per heavy atom. The molecule has 1 aromatic heterocycles. The number of nitrogens with zero attached hydrogens (tertiary/aromatic N) is 2. The van der Waals surface area contributed by atoms with Crippen molar-refractivity contribution in [1.29, 1.82) is 5.26 Å². The molecule has 0 bridgehead atoms. The van der Waals surface area contributed by atoms with Crippen molar-refractivity contribution in [3.05, 3.63) is 10.0 Å². The van der Waals surface area contributed by atoms with Gasteiger partial charge in [0, 0.05) is 0 Å². The lowest BCUT2D eigenvalue weighted by Gasteiger charge is -2.39.